The number of para-hydroxylation sites is 1. The molecule has 0 atom stereocenters. The predicted molar refractivity (Wildman–Crippen MR) is 112 cm³/mol. The number of anilines is 3. The smallest absolute Gasteiger partial charge is 0.293 e. The largest absolute Gasteiger partial charge is 0.350 e. The highest BCUT2D eigenvalue weighted by Gasteiger charge is 2.18. The number of nitrogens with zero attached hydrogens (tertiary/aromatic N) is 4. The zero-order valence-corrected chi connectivity index (χ0v) is 15.9. The normalized spacial score (nSPS) is 10.5. The van der Waals surface area contributed by atoms with Crippen LogP contribution in [-0.4, -0.2) is 25.6 Å². The van der Waals surface area contributed by atoms with Gasteiger partial charge in [-0.2, -0.15) is 5.10 Å². The summed E-state index contributed by atoms with van der Waals surface area (Å²) in [6, 6.07) is 17.1. The average molecular weight is 418 g/mol. The monoisotopic (exact) mass is 418 g/mol. The third kappa shape index (κ3) is 4.37. The van der Waals surface area contributed by atoms with Gasteiger partial charge in [-0.3, -0.25) is 14.9 Å². The Kier molecular flexibility index (Phi) is 5.35. The van der Waals surface area contributed by atoms with Crippen molar-refractivity contribution >= 4 is 28.7 Å². The summed E-state index contributed by atoms with van der Waals surface area (Å²) >= 11 is 0. The van der Waals surface area contributed by atoms with Gasteiger partial charge in [0.15, 0.2) is 5.82 Å². The Morgan fingerprint density at radius 3 is 2.52 bits per heavy atom. The molecule has 0 aliphatic heterocycles. The second-order valence-corrected chi connectivity index (χ2v) is 6.44. The maximum Gasteiger partial charge on any atom is 0.293 e. The maximum absolute atomic E-state index is 14.4. The number of carbonyl (C=O) groups is 1. The number of amides is 1. The molecule has 0 radical (unpaired) electrons. The van der Waals surface area contributed by atoms with E-state index in [4.69, 9.17) is 0 Å². The number of aromatic nitrogens is 3. The molecule has 0 saturated heterocycles. The van der Waals surface area contributed by atoms with Crippen molar-refractivity contribution in [1.29, 1.82) is 0 Å². The molecular formula is C21H15FN6O3. The highest BCUT2D eigenvalue weighted by molar-refractivity contribution is 6.05. The van der Waals surface area contributed by atoms with E-state index in [1.54, 1.807) is 24.3 Å². The van der Waals surface area contributed by atoms with Crippen LogP contribution in [0, 0.1) is 15.9 Å². The van der Waals surface area contributed by atoms with Gasteiger partial charge in [0, 0.05) is 23.0 Å². The fourth-order valence-corrected chi connectivity index (χ4v) is 2.91. The molecule has 0 aliphatic rings. The number of hydrogen-bond donors (Lipinski definition) is 2. The molecule has 2 N–H and O–H groups in total. The van der Waals surface area contributed by atoms with Gasteiger partial charge in [-0.1, -0.05) is 18.2 Å². The number of nitrogens with one attached hydrogen (secondary N) is 2. The van der Waals surface area contributed by atoms with Crippen LogP contribution in [0.2, 0.25) is 0 Å². The Bertz CT molecular complexity index is 1250. The van der Waals surface area contributed by atoms with Gasteiger partial charge in [-0.05, 0) is 42.5 Å². The fourth-order valence-electron chi connectivity index (χ4n) is 2.91. The topological polar surface area (TPSA) is 115 Å². The molecule has 0 spiro atoms. The van der Waals surface area contributed by atoms with Gasteiger partial charge < -0.3 is 10.6 Å². The Labute approximate surface area is 175 Å². The van der Waals surface area contributed by atoms with Crippen LogP contribution in [0.25, 0.3) is 5.69 Å². The highest BCUT2D eigenvalue weighted by Crippen LogP contribution is 2.29. The molecule has 0 fully saturated rings. The molecule has 0 aliphatic carbocycles. The van der Waals surface area contributed by atoms with Gasteiger partial charge in [0.05, 0.1) is 4.92 Å². The zero-order valence-electron chi connectivity index (χ0n) is 15.9. The highest BCUT2D eigenvalue weighted by atomic mass is 19.1. The molecule has 31 heavy (non-hydrogen) atoms. The zero-order chi connectivity index (χ0) is 21.8. The molecule has 10 heteroatoms. The number of benzene rings is 3. The van der Waals surface area contributed by atoms with Crippen LogP contribution in [0.15, 0.2) is 79.4 Å². The summed E-state index contributed by atoms with van der Waals surface area (Å²) < 4.78 is 15.6. The van der Waals surface area contributed by atoms with Crippen LogP contribution in [0.5, 0.6) is 0 Å². The van der Waals surface area contributed by atoms with Crippen molar-refractivity contribution < 1.29 is 14.1 Å². The van der Waals surface area contributed by atoms with Gasteiger partial charge in [0.1, 0.15) is 24.0 Å². The average Bonchev–Trinajstić information content (AvgIpc) is 3.29. The van der Waals surface area contributed by atoms with Crippen molar-refractivity contribution in [2.24, 2.45) is 0 Å². The third-order valence-electron chi connectivity index (χ3n) is 4.38. The van der Waals surface area contributed by atoms with E-state index in [0.717, 1.165) is 6.07 Å². The molecule has 0 saturated carbocycles. The number of carbonyl (C=O) groups excluding carboxylic acids is 1. The molecule has 9 nitrogen and oxygen atoms in total. The molecule has 0 unspecified atom stereocenters. The number of nitro benzene ring substituents is 1. The Morgan fingerprint density at radius 1 is 1.03 bits per heavy atom. The van der Waals surface area contributed by atoms with E-state index in [1.807, 2.05) is 6.07 Å². The quantitative estimate of drug-likeness (QED) is 0.356. The van der Waals surface area contributed by atoms with Crippen LogP contribution in [0.3, 0.4) is 0 Å². The van der Waals surface area contributed by atoms with Crippen molar-refractivity contribution in [2.45, 2.75) is 0 Å². The molecule has 0 bridgehead atoms. The van der Waals surface area contributed by atoms with Crippen molar-refractivity contribution in [3.8, 4) is 5.69 Å². The first kappa shape index (κ1) is 19.7. The Balaban J connectivity index is 1.55. The Morgan fingerprint density at radius 2 is 1.84 bits per heavy atom. The van der Waals surface area contributed by atoms with Crippen LogP contribution >= 0.6 is 0 Å². The third-order valence-corrected chi connectivity index (χ3v) is 4.38. The van der Waals surface area contributed by atoms with Crippen molar-refractivity contribution in [3.63, 3.8) is 0 Å². The molecule has 154 valence electrons. The molecule has 4 rings (SSSR count). The lowest BCUT2D eigenvalue weighted by molar-refractivity contribution is -0.383. The summed E-state index contributed by atoms with van der Waals surface area (Å²) in [6.07, 6.45) is 2.62. The molecular weight excluding hydrogens is 403 g/mol. The van der Waals surface area contributed by atoms with Crippen molar-refractivity contribution in [3.05, 3.63) is 101 Å². The molecule has 1 aromatic heterocycles. The maximum atomic E-state index is 14.4. The first-order chi connectivity index (χ1) is 15.0. The van der Waals surface area contributed by atoms with E-state index < -0.39 is 16.6 Å². The minimum Gasteiger partial charge on any atom is -0.350 e. The lowest BCUT2D eigenvalue weighted by Crippen LogP contribution is -2.13. The van der Waals surface area contributed by atoms with Gasteiger partial charge in [-0.25, -0.2) is 14.1 Å². The number of nitro groups is 1. The predicted octanol–water partition coefficient (Wildman–Crippen LogP) is 4.31. The minimum absolute atomic E-state index is 0.0612. The fraction of sp³-hybridized carbons (Fsp3) is 0. The van der Waals surface area contributed by atoms with Crippen LogP contribution in [0.4, 0.5) is 27.1 Å². The van der Waals surface area contributed by atoms with Crippen molar-refractivity contribution in [1.82, 2.24) is 14.8 Å². The molecule has 1 heterocycles. The molecule has 4 aromatic rings. The van der Waals surface area contributed by atoms with E-state index in [2.05, 4.69) is 20.7 Å². The first-order valence-corrected chi connectivity index (χ1v) is 9.08. The number of rotatable bonds is 6. The number of hydrogen-bond acceptors (Lipinski definition) is 6. The van der Waals surface area contributed by atoms with E-state index in [0.29, 0.717) is 5.69 Å². The van der Waals surface area contributed by atoms with E-state index in [9.17, 15) is 19.3 Å². The number of halogens is 1. The van der Waals surface area contributed by atoms with E-state index in [-0.39, 0.29) is 28.3 Å². The summed E-state index contributed by atoms with van der Waals surface area (Å²) in [4.78, 5) is 27.3. The van der Waals surface area contributed by atoms with Crippen LogP contribution in [0.1, 0.15) is 10.4 Å². The SMILES string of the molecule is O=C(Nc1ccc(-n2cncn2)c(F)c1)c1ccc(Nc2ccccc2)c([N+](=O)[O-])c1. The summed E-state index contributed by atoms with van der Waals surface area (Å²) in [7, 11) is 0. The van der Waals surface area contributed by atoms with E-state index in [1.165, 1.54) is 47.7 Å². The van der Waals surface area contributed by atoms with Gasteiger partial charge in [0.2, 0.25) is 0 Å². The Hall–Kier alpha value is -4.60. The lowest BCUT2D eigenvalue weighted by atomic mass is 10.1. The van der Waals surface area contributed by atoms with E-state index >= 15 is 0 Å². The molecule has 1 amide bonds. The second kappa shape index (κ2) is 8.41. The summed E-state index contributed by atoms with van der Waals surface area (Å²) in [5.74, 6) is -1.22. The van der Waals surface area contributed by atoms with Gasteiger partial charge in [0.25, 0.3) is 11.6 Å². The minimum atomic E-state index is -0.614. The van der Waals surface area contributed by atoms with Crippen LogP contribution < -0.4 is 10.6 Å². The summed E-state index contributed by atoms with van der Waals surface area (Å²) in [6.45, 7) is 0. The summed E-state index contributed by atoms with van der Waals surface area (Å²) in [5, 5.41) is 20.9. The second-order valence-electron chi connectivity index (χ2n) is 6.44. The van der Waals surface area contributed by atoms with Gasteiger partial charge >= 0.3 is 0 Å². The molecule has 3 aromatic carbocycles. The first-order valence-electron chi connectivity index (χ1n) is 9.08. The van der Waals surface area contributed by atoms with Crippen molar-refractivity contribution in [2.75, 3.05) is 10.6 Å². The van der Waals surface area contributed by atoms with Crippen LogP contribution in [-0.2, 0) is 0 Å². The van der Waals surface area contributed by atoms with Gasteiger partial charge in [-0.15, -0.1) is 0 Å². The standard InChI is InChI=1S/C21H15FN6O3/c22-17-11-16(7-9-19(17)27-13-23-12-24-27)26-21(29)14-6-8-18(20(10-14)28(30)31)25-15-4-2-1-3-5-15/h1-13,25H,(H,26,29). The summed E-state index contributed by atoms with van der Waals surface area (Å²) in [5.41, 5.74) is 1.08. The lowest BCUT2D eigenvalue weighted by Gasteiger charge is -2.10.